The Balaban J connectivity index is 3.27. The number of nitrogens with two attached hydrogens (primary N) is 3. The summed E-state index contributed by atoms with van der Waals surface area (Å²) in [6.45, 7) is 5.66. The van der Waals surface area contributed by atoms with Gasteiger partial charge in [0.25, 0.3) is 0 Å². The minimum atomic E-state index is -0.740. The molecular weight excluding hydrogens is 192 g/mol. The molecule has 1 aliphatic heterocycles. The maximum atomic E-state index is 6.32. The highest BCUT2D eigenvalue weighted by atomic mass is 15.9. The summed E-state index contributed by atoms with van der Waals surface area (Å²) in [7, 11) is 5.71. The molecule has 6 heteroatoms. The summed E-state index contributed by atoms with van der Waals surface area (Å²) >= 11 is 0. The van der Waals surface area contributed by atoms with Gasteiger partial charge >= 0.3 is 0 Å². The van der Waals surface area contributed by atoms with Gasteiger partial charge in [0.05, 0.1) is 5.54 Å². The zero-order valence-electron chi connectivity index (χ0n) is 10.6. The van der Waals surface area contributed by atoms with Gasteiger partial charge in [-0.15, -0.1) is 0 Å². The molecule has 0 aromatic carbocycles. The van der Waals surface area contributed by atoms with Crippen molar-refractivity contribution in [3.63, 3.8) is 0 Å². The zero-order chi connectivity index (χ0) is 12.2. The molecule has 2 atom stereocenters. The zero-order valence-corrected chi connectivity index (χ0v) is 10.6. The van der Waals surface area contributed by atoms with E-state index in [1.54, 1.807) is 0 Å². The second kappa shape index (κ2) is 3.13. The molecule has 90 valence electrons. The summed E-state index contributed by atoms with van der Waals surface area (Å²) in [5, 5.41) is 5.66. The topological polar surface area (TPSA) is 87.8 Å². The average Bonchev–Trinajstić information content (AvgIpc) is 2.12. The number of hydrazine groups is 2. The molecule has 0 bridgehead atoms. The molecule has 0 saturated carbocycles. The molecule has 0 aliphatic carbocycles. The van der Waals surface area contributed by atoms with E-state index in [0.29, 0.717) is 0 Å². The van der Waals surface area contributed by atoms with Crippen LogP contribution in [0.2, 0.25) is 0 Å². The lowest BCUT2D eigenvalue weighted by atomic mass is 9.76. The van der Waals surface area contributed by atoms with Crippen LogP contribution in [0.4, 0.5) is 0 Å². The van der Waals surface area contributed by atoms with Crippen LogP contribution in [-0.4, -0.2) is 53.1 Å². The van der Waals surface area contributed by atoms with E-state index in [0.717, 1.165) is 0 Å². The van der Waals surface area contributed by atoms with Crippen molar-refractivity contribution in [2.24, 2.45) is 17.2 Å². The molecule has 15 heavy (non-hydrogen) atoms. The lowest BCUT2D eigenvalue weighted by molar-refractivity contribution is -0.300. The molecule has 1 heterocycles. The average molecular weight is 216 g/mol. The third-order valence-electron chi connectivity index (χ3n) is 4.32. The molecule has 0 aromatic heterocycles. The molecule has 2 unspecified atom stereocenters. The maximum absolute atomic E-state index is 6.32. The number of nitrogens with zero attached hydrogens (tertiary/aromatic N) is 3. The van der Waals surface area contributed by atoms with E-state index < -0.39 is 16.9 Å². The van der Waals surface area contributed by atoms with Crippen LogP contribution in [0.3, 0.4) is 0 Å². The summed E-state index contributed by atoms with van der Waals surface area (Å²) < 4.78 is 0. The van der Waals surface area contributed by atoms with Crippen molar-refractivity contribution in [2.45, 2.75) is 37.6 Å². The first-order chi connectivity index (χ1) is 6.48. The Hall–Kier alpha value is -0.240. The van der Waals surface area contributed by atoms with Crippen LogP contribution in [0.25, 0.3) is 0 Å². The predicted molar refractivity (Wildman–Crippen MR) is 61.1 cm³/mol. The van der Waals surface area contributed by atoms with Gasteiger partial charge in [0.1, 0.15) is 11.3 Å². The standard InChI is InChI=1S/C9H24N6/c1-7(10)8(2,11)13(4)15(6)14(5)9(7,3)12/h10-12H2,1-6H3. The SMILES string of the molecule is CN1N(C)C(C)(N)C(C)(N)C(C)(N)N1C. The molecule has 1 saturated heterocycles. The van der Waals surface area contributed by atoms with Crippen LogP contribution in [0.5, 0.6) is 0 Å². The van der Waals surface area contributed by atoms with Crippen molar-refractivity contribution in [1.29, 1.82) is 0 Å². The van der Waals surface area contributed by atoms with E-state index in [-0.39, 0.29) is 0 Å². The number of hydrogen-bond donors (Lipinski definition) is 3. The predicted octanol–water partition coefficient (Wildman–Crippen LogP) is -1.31. The van der Waals surface area contributed by atoms with Crippen molar-refractivity contribution in [2.75, 3.05) is 21.1 Å². The molecular formula is C9H24N6. The van der Waals surface area contributed by atoms with Gasteiger partial charge in [-0.3, -0.25) is 0 Å². The summed E-state index contributed by atoms with van der Waals surface area (Å²) in [5.74, 6) is 0. The quantitative estimate of drug-likeness (QED) is 0.466. The van der Waals surface area contributed by atoms with Crippen LogP contribution >= 0.6 is 0 Å². The first-order valence-corrected chi connectivity index (χ1v) is 5.05. The fourth-order valence-electron chi connectivity index (χ4n) is 1.99. The number of rotatable bonds is 0. The molecule has 0 aromatic rings. The molecule has 0 spiro atoms. The molecule has 1 aliphatic rings. The van der Waals surface area contributed by atoms with E-state index in [1.807, 2.05) is 57.0 Å². The smallest absolute Gasteiger partial charge is 0.101 e. The van der Waals surface area contributed by atoms with Crippen molar-refractivity contribution >= 4 is 0 Å². The largest absolute Gasteiger partial charge is 0.320 e. The Morgan fingerprint density at radius 1 is 0.733 bits per heavy atom. The maximum Gasteiger partial charge on any atom is 0.101 e. The van der Waals surface area contributed by atoms with Gasteiger partial charge in [0.15, 0.2) is 0 Å². The van der Waals surface area contributed by atoms with Gasteiger partial charge in [-0.1, -0.05) is 0 Å². The molecule has 6 N–H and O–H groups in total. The molecule has 1 rings (SSSR count). The Labute approximate surface area is 91.9 Å². The van der Waals surface area contributed by atoms with Gasteiger partial charge in [-0.25, -0.2) is 10.0 Å². The second-order valence-corrected chi connectivity index (χ2v) is 5.03. The van der Waals surface area contributed by atoms with E-state index in [1.165, 1.54) is 0 Å². The minimum Gasteiger partial charge on any atom is -0.320 e. The molecule has 6 nitrogen and oxygen atoms in total. The van der Waals surface area contributed by atoms with E-state index in [9.17, 15) is 0 Å². The first-order valence-electron chi connectivity index (χ1n) is 5.05. The Kier molecular flexibility index (Phi) is 2.68. The molecule has 1 fully saturated rings. The Bertz CT molecular complexity index is 235. The second-order valence-electron chi connectivity index (χ2n) is 5.03. The van der Waals surface area contributed by atoms with E-state index in [4.69, 9.17) is 17.2 Å². The van der Waals surface area contributed by atoms with Crippen LogP contribution < -0.4 is 17.2 Å². The summed E-state index contributed by atoms with van der Waals surface area (Å²) in [4.78, 5) is 0. The highest BCUT2D eigenvalue weighted by molar-refractivity contribution is 5.13. The van der Waals surface area contributed by atoms with Crippen LogP contribution in [0, 0.1) is 0 Å². The third-order valence-corrected chi connectivity index (χ3v) is 4.32. The monoisotopic (exact) mass is 216 g/mol. The third kappa shape index (κ3) is 1.33. The minimum absolute atomic E-state index is 0.711. The molecule has 0 amide bonds. The summed E-state index contributed by atoms with van der Waals surface area (Å²) in [6, 6.07) is 0. The Morgan fingerprint density at radius 2 is 1.00 bits per heavy atom. The lowest BCUT2D eigenvalue weighted by Gasteiger charge is -2.65. The number of likely N-dealkylation sites (N-methyl/N-ethyl adjacent to an activating group) is 2. The fourth-order valence-corrected chi connectivity index (χ4v) is 1.99. The van der Waals surface area contributed by atoms with Crippen molar-refractivity contribution in [1.82, 2.24) is 15.1 Å². The van der Waals surface area contributed by atoms with Crippen molar-refractivity contribution in [3.05, 3.63) is 0 Å². The summed E-state index contributed by atoms with van der Waals surface area (Å²) in [5.41, 5.74) is 16.7. The van der Waals surface area contributed by atoms with Gasteiger partial charge in [-0.2, -0.15) is 5.12 Å². The van der Waals surface area contributed by atoms with E-state index >= 15 is 0 Å². The van der Waals surface area contributed by atoms with Gasteiger partial charge in [0.2, 0.25) is 0 Å². The normalized spacial score (nSPS) is 51.0. The van der Waals surface area contributed by atoms with Gasteiger partial charge in [-0.05, 0) is 20.8 Å². The summed E-state index contributed by atoms with van der Waals surface area (Å²) in [6.07, 6.45) is 0. The highest BCUT2D eigenvalue weighted by Crippen LogP contribution is 2.36. The van der Waals surface area contributed by atoms with Gasteiger partial charge in [0, 0.05) is 21.1 Å². The Morgan fingerprint density at radius 3 is 1.27 bits per heavy atom. The lowest BCUT2D eigenvalue weighted by Crippen LogP contribution is -2.91. The van der Waals surface area contributed by atoms with Crippen LogP contribution in [-0.2, 0) is 0 Å². The molecule has 0 radical (unpaired) electrons. The van der Waals surface area contributed by atoms with Crippen LogP contribution in [0.15, 0.2) is 0 Å². The van der Waals surface area contributed by atoms with E-state index in [2.05, 4.69) is 0 Å². The number of hydrogen-bond acceptors (Lipinski definition) is 6. The first kappa shape index (κ1) is 12.8. The van der Waals surface area contributed by atoms with Crippen molar-refractivity contribution < 1.29 is 0 Å². The highest BCUT2D eigenvalue weighted by Gasteiger charge is 2.60. The van der Waals surface area contributed by atoms with Gasteiger partial charge < -0.3 is 17.2 Å². The fraction of sp³-hybridized carbons (Fsp3) is 1.00. The van der Waals surface area contributed by atoms with Crippen molar-refractivity contribution in [3.8, 4) is 0 Å². The van der Waals surface area contributed by atoms with Crippen LogP contribution in [0.1, 0.15) is 20.8 Å².